The first-order valence-corrected chi connectivity index (χ1v) is 12.7. The van der Waals surface area contributed by atoms with E-state index in [4.69, 9.17) is 10.1 Å². The van der Waals surface area contributed by atoms with Gasteiger partial charge in [-0.1, -0.05) is 54.2 Å². The Kier molecular flexibility index (Phi) is 6.50. The second-order valence-corrected chi connectivity index (χ2v) is 10.1. The Morgan fingerprint density at radius 2 is 1.79 bits per heavy atom. The van der Waals surface area contributed by atoms with Crippen molar-refractivity contribution in [3.8, 4) is 11.3 Å². The fourth-order valence-electron chi connectivity index (χ4n) is 3.48. The largest absolute Gasteiger partial charge is 0.351 e. The van der Waals surface area contributed by atoms with Crippen LogP contribution in [0.5, 0.6) is 0 Å². The number of carbonyl (C=O) groups is 1. The minimum Gasteiger partial charge on any atom is -0.351 e. The van der Waals surface area contributed by atoms with Gasteiger partial charge in [0.2, 0.25) is 15.9 Å². The number of aryl methyl sites for hydroxylation is 2. The van der Waals surface area contributed by atoms with Crippen LogP contribution in [0.2, 0.25) is 0 Å². The molecule has 0 saturated carbocycles. The zero-order valence-electron chi connectivity index (χ0n) is 18.1. The van der Waals surface area contributed by atoms with Crippen LogP contribution in [0.1, 0.15) is 16.8 Å². The molecule has 0 unspecified atom stereocenters. The van der Waals surface area contributed by atoms with E-state index in [1.54, 1.807) is 16.6 Å². The summed E-state index contributed by atoms with van der Waals surface area (Å²) < 4.78 is 24.5. The molecule has 33 heavy (non-hydrogen) atoms. The molecule has 2 aromatic carbocycles. The lowest BCUT2D eigenvalue weighted by molar-refractivity contribution is -0.118. The third-order valence-electron chi connectivity index (χ3n) is 5.00. The summed E-state index contributed by atoms with van der Waals surface area (Å²) in [4.78, 5) is 17.3. The number of hydrogen-bond donors (Lipinski definition) is 2. The average Bonchev–Trinajstić information content (AvgIpc) is 3.15. The van der Waals surface area contributed by atoms with E-state index >= 15 is 0 Å². The Bertz CT molecular complexity index is 1420. The Labute approximate surface area is 196 Å². The SMILES string of the molecule is Cc1cc(C)c2c(-c3ccccc3)nc(SCC(=O)NCc3ccc(S(N)(=O)=O)cc3)n2n1. The Balaban J connectivity index is 1.48. The molecule has 1 amide bonds. The van der Waals surface area contributed by atoms with Gasteiger partial charge in [-0.25, -0.2) is 23.1 Å². The summed E-state index contributed by atoms with van der Waals surface area (Å²) in [6.07, 6.45) is 0. The number of hydrogen-bond acceptors (Lipinski definition) is 6. The fraction of sp³-hybridized carbons (Fsp3) is 0.174. The molecule has 10 heteroatoms. The van der Waals surface area contributed by atoms with E-state index < -0.39 is 10.0 Å². The van der Waals surface area contributed by atoms with Gasteiger partial charge < -0.3 is 5.32 Å². The maximum Gasteiger partial charge on any atom is 0.238 e. The van der Waals surface area contributed by atoms with Crippen molar-refractivity contribution in [2.75, 3.05) is 5.75 Å². The standard InChI is InChI=1S/C23H23N5O3S2/c1-15-12-16(2)27-28-22(15)21(18-6-4-3-5-7-18)26-23(28)32-14-20(29)25-13-17-8-10-19(11-9-17)33(24,30)31/h3-12H,13-14H2,1-2H3,(H,25,29)(H2,24,30,31). The summed E-state index contributed by atoms with van der Waals surface area (Å²) in [6.45, 7) is 4.23. The van der Waals surface area contributed by atoms with Gasteiger partial charge in [0, 0.05) is 12.1 Å². The predicted octanol–water partition coefficient (Wildman–Crippen LogP) is 3.07. The van der Waals surface area contributed by atoms with Gasteiger partial charge in [-0.3, -0.25) is 4.79 Å². The smallest absolute Gasteiger partial charge is 0.238 e. The number of nitrogens with zero attached hydrogens (tertiary/aromatic N) is 3. The van der Waals surface area contributed by atoms with E-state index in [-0.39, 0.29) is 23.1 Å². The van der Waals surface area contributed by atoms with Gasteiger partial charge in [0.1, 0.15) is 0 Å². The third-order valence-corrected chi connectivity index (χ3v) is 6.86. The highest BCUT2D eigenvalue weighted by atomic mass is 32.2. The molecule has 0 aliphatic carbocycles. The number of primary sulfonamides is 1. The van der Waals surface area contributed by atoms with E-state index in [9.17, 15) is 13.2 Å². The molecule has 3 N–H and O–H groups in total. The Hall–Kier alpha value is -3.21. The molecule has 0 aliphatic rings. The van der Waals surface area contributed by atoms with Gasteiger partial charge >= 0.3 is 0 Å². The summed E-state index contributed by atoms with van der Waals surface area (Å²) in [7, 11) is -3.74. The number of carbonyl (C=O) groups excluding carboxylic acids is 1. The quantitative estimate of drug-likeness (QED) is 0.392. The molecule has 2 heterocycles. The van der Waals surface area contributed by atoms with Crippen LogP contribution in [0, 0.1) is 13.8 Å². The molecule has 0 aliphatic heterocycles. The van der Waals surface area contributed by atoms with Crippen LogP contribution in [0.4, 0.5) is 0 Å². The molecule has 0 fully saturated rings. The van der Waals surface area contributed by atoms with E-state index in [2.05, 4.69) is 10.4 Å². The highest BCUT2D eigenvalue weighted by Crippen LogP contribution is 2.30. The summed E-state index contributed by atoms with van der Waals surface area (Å²) in [5, 5.41) is 13.2. The summed E-state index contributed by atoms with van der Waals surface area (Å²) >= 11 is 1.31. The van der Waals surface area contributed by atoms with Crippen molar-refractivity contribution in [2.45, 2.75) is 30.4 Å². The van der Waals surface area contributed by atoms with Crippen LogP contribution >= 0.6 is 11.8 Å². The topological polar surface area (TPSA) is 119 Å². The predicted molar refractivity (Wildman–Crippen MR) is 128 cm³/mol. The fourth-order valence-corrected chi connectivity index (χ4v) is 4.76. The van der Waals surface area contributed by atoms with Gasteiger partial charge in [0.25, 0.3) is 0 Å². The molecule has 0 atom stereocenters. The van der Waals surface area contributed by atoms with Gasteiger partial charge in [0.15, 0.2) is 5.16 Å². The molecule has 170 valence electrons. The molecule has 0 spiro atoms. The minimum atomic E-state index is -3.74. The number of benzene rings is 2. The number of aromatic nitrogens is 3. The van der Waals surface area contributed by atoms with Crippen LogP contribution in [0.15, 0.2) is 70.7 Å². The molecule has 8 nitrogen and oxygen atoms in total. The van der Waals surface area contributed by atoms with E-state index in [0.717, 1.165) is 33.6 Å². The number of fused-ring (bicyclic) bond motifs is 1. The molecule has 2 aromatic heterocycles. The lowest BCUT2D eigenvalue weighted by Crippen LogP contribution is -2.24. The van der Waals surface area contributed by atoms with Gasteiger partial charge in [-0.05, 0) is 43.2 Å². The first kappa shape index (κ1) is 23.0. The first-order chi connectivity index (χ1) is 15.7. The molecular weight excluding hydrogens is 458 g/mol. The number of nitrogens with one attached hydrogen (secondary N) is 1. The minimum absolute atomic E-state index is 0.0339. The maximum atomic E-state index is 12.5. The van der Waals surface area contributed by atoms with Gasteiger partial charge in [-0.15, -0.1) is 0 Å². The molecule has 4 aromatic rings. The van der Waals surface area contributed by atoms with Crippen molar-refractivity contribution >= 4 is 33.2 Å². The van der Waals surface area contributed by atoms with E-state index in [0.29, 0.717) is 5.16 Å². The van der Waals surface area contributed by atoms with Crippen molar-refractivity contribution in [1.82, 2.24) is 19.9 Å². The first-order valence-electron chi connectivity index (χ1n) is 10.2. The summed E-state index contributed by atoms with van der Waals surface area (Å²) in [6, 6.07) is 18.0. The second-order valence-electron chi connectivity index (χ2n) is 7.59. The van der Waals surface area contributed by atoms with E-state index in [1.807, 2.05) is 50.2 Å². The molecule has 4 rings (SSSR count). The Morgan fingerprint density at radius 1 is 1.09 bits per heavy atom. The number of imidazole rings is 1. The number of thioether (sulfide) groups is 1. The van der Waals surface area contributed by atoms with Gasteiger partial charge in [0.05, 0.1) is 27.6 Å². The normalized spacial score (nSPS) is 11.6. The van der Waals surface area contributed by atoms with Crippen molar-refractivity contribution < 1.29 is 13.2 Å². The number of amides is 1. The van der Waals surface area contributed by atoms with Crippen LogP contribution < -0.4 is 10.5 Å². The van der Waals surface area contributed by atoms with Crippen LogP contribution in [-0.2, 0) is 21.4 Å². The van der Waals surface area contributed by atoms with Crippen molar-refractivity contribution in [3.05, 3.63) is 77.5 Å². The lowest BCUT2D eigenvalue weighted by atomic mass is 10.1. The summed E-state index contributed by atoms with van der Waals surface area (Å²) in [5.41, 5.74) is 5.44. The molecule has 0 bridgehead atoms. The van der Waals surface area contributed by atoms with Crippen molar-refractivity contribution in [2.24, 2.45) is 5.14 Å². The molecule has 0 radical (unpaired) electrons. The molecular formula is C23H23N5O3S2. The zero-order chi connectivity index (χ0) is 23.6. The second kappa shape index (κ2) is 9.34. The average molecular weight is 482 g/mol. The lowest BCUT2D eigenvalue weighted by Gasteiger charge is -2.06. The monoisotopic (exact) mass is 481 g/mol. The highest BCUT2D eigenvalue weighted by molar-refractivity contribution is 7.99. The van der Waals surface area contributed by atoms with E-state index in [1.165, 1.54) is 23.9 Å². The van der Waals surface area contributed by atoms with Crippen LogP contribution in [0.25, 0.3) is 16.8 Å². The van der Waals surface area contributed by atoms with Crippen LogP contribution in [-0.4, -0.2) is 34.7 Å². The number of sulfonamides is 1. The van der Waals surface area contributed by atoms with Gasteiger partial charge in [-0.2, -0.15) is 5.10 Å². The highest BCUT2D eigenvalue weighted by Gasteiger charge is 2.18. The number of nitrogens with two attached hydrogens (primary N) is 1. The molecule has 0 saturated heterocycles. The maximum absolute atomic E-state index is 12.5. The zero-order valence-corrected chi connectivity index (χ0v) is 19.8. The third kappa shape index (κ3) is 5.24. The van der Waals surface area contributed by atoms with Crippen molar-refractivity contribution in [3.63, 3.8) is 0 Å². The van der Waals surface area contributed by atoms with Crippen LogP contribution in [0.3, 0.4) is 0 Å². The summed E-state index contributed by atoms with van der Waals surface area (Å²) in [5.74, 6) is -0.00464. The van der Waals surface area contributed by atoms with Crippen molar-refractivity contribution in [1.29, 1.82) is 0 Å². The Morgan fingerprint density at radius 3 is 2.45 bits per heavy atom. The number of rotatable bonds is 7.